The van der Waals surface area contributed by atoms with Crippen molar-refractivity contribution in [2.24, 2.45) is 12.8 Å². The Morgan fingerprint density at radius 2 is 2.43 bits per heavy atom. The van der Waals surface area contributed by atoms with Gasteiger partial charge in [0, 0.05) is 19.2 Å². The van der Waals surface area contributed by atoms with Crippen molar-refractivity contribution in [2.75, 3.05) is 0 Å². The number of carbonyl (C=O) groups is 1. The molecule has 2 aromatic rings. The van der Waals surface area contributed by atoms with Crippen molar-refractivity contribution in [2.45, 2.75) is 6.54 Å². The van der Waals surface area contributed by atoms with E-state index in [4.69, 9.17) is 10.8 Å². The second-order valence-corrected chi connectivity index (χ2v) is 3.95. The van der Waals surface area contributed by atoms with Gasteiger partial charge in [0.15, 0.2) is 0 Å². The predicted octanol–water partition coefficient (Wildman–Crippen LogP) is 1.40. The van der Waals surface area contributed by atoms with E-state index in [1.54, 1.807) is 11.6 Å². The molecular weight excluding hydrogens is 200 g/mol. The first-order valence-electron chi connectivity index (χ1n) is 4.15. The minimum atomic E-state index is -0.920. The summed E-state index contributed by atoms with van der Waals surface area (Å²) in [5.74, 6) is -0.920. The van der Waals surface area contributed by atoms with Gasteiger partial charge >= 0.3 is 5.97 Å². The Morgan fingerprint density at radius 3 is 3.00 bits per heavy atom. The number of carboxylic acid groups (broad SMARTS) is 1. The van der Waals surface area contributed by atoms with Gasteiger partial charge in [0.1, 0.15) is 5.69 Å². The monoisotopic (exact) mass is 210 g/mol. The van der Waals surface area contributed by atoms with Crippen molar-refractivity contribution in [3.05, 3.63) is 22.7 Å². The maximum absolute atomic E-state index is 11.0. The van der Waals surface area contributed by atoms with Gasteiger partial charge in [-0.05, 0) is 11.4 Å². The summed E-state index contributed by atoms with van der Waals surface area (Å²) in [6.07, 6.45) is 0. The summed E-state index contributed by atoms with van der Waals surface area (Å²) >= 11 is 1.53. The standard InChI is InChI=1S/C9H10N2O2S/c1-11-6-2-3-14-8(6)5(4-10)7(11)9(12)13/h2-3H,4,10H2,1H3,(H,12,13). The molecule has 14 heavy (non-hydrogen) atoms. The fraction of sp³-hybridized carbons (Fsp3) is 0.222. The van der Waals surface area contributed by atoms with Crippen molar-refractivity contribution < 1.29 is 9.90 Å². The van der Waals surface area contributed by atoms with Crippen LogP contribution in [0.3, 0.4) is 0 Å². The van der Waals surface area contributed by atoms with Crippen molar-refractivity contribution in [3.63, 3.8) is 0 Å². The molecule has 2 heterocycles. The van der Waals surface area contributed by atoms with Gasteiger partial charge in [-0.3, -0.25) is 0 Å². The molecule has 0 spiro atoms. The summed E-state index contributed by atoms with van der Waals surface area (Å²) in [7, 11) is 1.75. The summed E-state index contributed by atoms with van der Waals surface area (Å²) in [6.45, 7) is 0.263. The number of rotatable bonds is 2. The van der Waals surface area contributed by atoms with Crippen LogP contribution in [0.25, 0.3) is 10.2 Å². The Labute approximate surface area is 84.6 Å². The molecule has 0 bridgehead atoms. The van der Waals surface area contributed by atoms with E-state index >= 15 is 0 Å². The Kier molecular flexibility index (Phi) is 2.05. The average molecular weight is 210 g/mol. The summed E-state index contributed by atoms with van der Waals surface area (Å²) in [6, 6.07) is 1.91. The molecule has 3 N–H and O–H groups in total. The number of hydrogen-bond acceptors (Lipinski definition) is 3. The summed E-state index contributed by atoms with van der Waals surface area (Å²) in [4.78, 5) is 11.0. The minimum absolute atomic E-state index is 0.263. The molecule has 0 atom stereocenters. The summed E-state index contributed by atoms with van der Waals surface area (Å²) in [5.41, 5.74) is 7.52. The number of aromatic carboxylic acids is 1. The minimum Gasteiger partial charge on any atom is -0.477 e. The first kappa shape index (κ1) is 9.23. The van der Waals surface area contributed by atoms with Crippen LogP contribution in [0.5, 0.6) is 0 Å². The maximum atomic E-state index is 11.0. The second-order valence-electron chi connectivity index (χ2n) is 3.03. The van der Waals surface area contributed by atoms with Gasteiger partial charge in [-0.25, -0.2) is 4.79 Å². The first-order valence-corrected chi connectivity index (χ1v) is 5.03. The lowest BCUT2D eigenvalue weighted by Gasteiger charge is -2.00. The first-order chi connectivity index (χ1) is 6.66. The number of aromatic nitrogens is 1. The molecule has 0 saturated heterocycles. The van der Waals surface area contributed by atoms with Crippen LogP contribution in [0.2, 0.25) is 0 Å². The highest BCUT2D eigenvalue weighted by molar-refractivity contribution is 7.17. The number of thiophene rings is 1. The van der Waals surface area contributed by atoms with Gasteiger partial charge in [0.25, 0.3) is 0 Å². The van der Waals surface area contributed by atoms with Gasteiger partial charge in [-0.2, -0.15) is 0 Å². The Balaban J connectivity index is 2.86. The highest BCUT2D eigenvalue weighted by atomic mass is 32.1. The molecule has 0 aromatic carbocycles. The average Bonchev–Trinajstić information content (AvgIpc) is 2.67. The van der Waals surface area contributed by atoms with Gasteiger partial charge in [-0.1, -0.05) is 0 Å². The van der Waals surface area contributed by atoms with E-state index < -0.39 is 5.97 Å². The van der Waals surface area contributed by atoms with E-state index in [1.807, 2.05) is 11.4 Å². The van der Waals surface area contributed by atoms with Crippen molar-refractivity contribution in [3.8, 4) is 0 Å². The van der Waals surface area contributed by atoms with Crippen LogP contribution in [0, 0.1) is 0 Å². The Hall–Kier alpha value is -1.33. The third kappa shape index (κ3) is 1.06. The van der Waals surface area contributed by atoms with Crippen LogP contribution in [-0.2, 0) is 13.6 Å². The van der Waals surface area contributed by atoms with E-state index in [0.717, 1.165) is 15.8 Å². The summed E-state index contributed by atoms with van der Waals surface area (Å²) < 4.78 is 2.66. The number of carboxylic acids is 1. The lowest BCUT2D eigenvalue weighted by atomic mass is 10.2. The molecular formula is C9H10N2O2S. The van der Waals surface area contributed by atoms with Crippen molar-refractivity contribution in [1.29, 1.82) is 0 Å². The highest BCUT2D eigenvalue weighted by Crippen LogP contribution is 2.29. The number of nitrogens with two attached hydrogens (primary N) is 1. The highest BCUT2D eigenvalue weighted by Gasteiger charge is 2.19. The largest absolute Gasteiger partial charge is 0.477 e. The van der Waals surface area contributed by atoms with Crippen molar-refractivity contribution in [1.82, 2.24) is 4.57 Å². The van der Waals surface area contributed by atoms with Gasteiger partial charge in [-0.15, -0.1) is 11.3 Å². The quantitative estimate of drug-likeness (QED) is 0.787. The van der Waals surface area contributed by atoms with Crippen LogP contribution in [0.4, 0.5) is 0 Å². The Morgan fingerprint density at radius 1 is 1.71 bits per heavy atom. The number of fused-ring (bicyclic) bond motifs is 1. The molecule has 0 aliphatic carbocycles. The molecule has 5 heteroatoms. The predicted molar refractivity (Wildman–Crippen MR) is 55.6 cm³/mol. The zero-order valence-corrected chi connectivity index (χ0v) is 8.47. The number of hydrogen-bond donors (Lipinski definition) is 2. The van der Waals surface area contributed by atoms with Gasteiger partial charge in [0.2, 0.25) is 0 Å². The van der Waals surface area contributed by atoms with Crippen LogP contribution >= 0.6 is 11.3 Å². The molecule has 0 unspecified atom stereocenters. The smallest absolute Gasteiger partial charge is 0.352 e. The molecule has 2 aromatic heterocycles. The van der Waals surface area contributed by atoms with Gasteiger partial charge in [0.05, 0.1) is 10.2 Å². The van der Waals surface area contributed by atoms with Crippen LogP contribution < -0.4 is 5.73 Å². The van der Waals surface area contributed by atoms with E-state index in [9.17, 15) is 4.79 Å². The molecule has 4 nitrogen and oxygen atoms in total. The Bertz CT molecular complexity index is 498. The van der Waals surface area contributed by atoms with Crippen LogP contribution in [0.1, 0.15) is 16.1 Å². The van der Waals surface area contributed by atoms with E-state index in [-0.39, 0.29) is 6.54 Å². The van der Waals surface area contributed by atoms with Crippen molar-refractivity contribution >= 4 is 27.5 Å². The zero-order valence-electron chi connectivity index (χ0n) is 7.65. The topological polar surface area (TPSA) is 68.2 Å². The molecule has 0 aliphatic rings. The molecule has 0 fully saturated rings. The lowest BCUT2D eigenvalue weighted by molar-refractivity contribution is 0.0686. The van der Waals surface area contributed by atoms with E-state index in [2.05, 4.69) is 0 Å². The molecule has 74 valence electrons. The normalized spacial score (nSPS) is 11.0. The SMILES string of the molecule is Cn1c(C(=O)O)c(CN)c2sccc21. The van der Waals surface area contributed by atoms with Gasteiger partial charge < -0.3 is 15.4 Å². The van der Waals surface area contributed by atoms with E-state index in [1.165, 1.54) is 11.3 Å². The number of nitrogens with zero attached hydrogens (tertiary/aromatic N) is 1. The lowest BCUT2D eigenvalue weighted by Crippen LogP contribution is -2.09. The maximum Gasteiger partial charge on any atom is 0.352 e. The van der Waals surface area contributed by atoms with E-state index in [0.29, 0.717) is 5.69 Å². The number of aryl methyl sites for hydroxylation is 1. The molecule has 0 saturated carbocycles. The third-order valence-electron chi connectivity index (χ3n) is 2.31. The fourth-order valence-electron chi connectivity index (χ4n) is 1.68. The molecule has 2 rings (SSSR count). The molecule has 0 aliphatic heterocycles. The summed E-state index contributed by atoms with van der Waals surface area (Å²) in [5, 5.41) is 11.0. The third-order valence-corrected chi connectivity index (χ3v) is 3.27. The molecule has 0 amide bonds. The van der Waals surface area contributed by atoms with Crippen LogP contribution in [-0.4, -0.2) is 15.6 Å². The zero-order chi connectivity index (χ0) is 10.3. The molecule has 0 radical (unpaired) electrons. The fourth-order valence-corrected chi connectivity index (χ4v) is 2.67. The van der Waals surface area contributed by atoms with Crippen LogP contribution in [0.15, 0.2) is 11.4 Å². The second kappa shape index (κ2) is 3.11.